The van der Waals surface area contributed by atoms with E-state index in [0.29, 0.717) is 11.5 Å². The van der Waals surface area contributed by atoms with Crippen LogP contribution in [0.2, 0.25) is 0 Å². The van der Waals surface area contributed by atoms with Crippen LogP contribution in [0.1, 0.15) is 48.6 Å². The van der Waals surface area contributed by atoms with Gasteiger partial charge >= 0.3 is 5.97 Å². The number of carboxylic acids is 1. The Bertz CT molecular complexity index is 520. The van der Waals surface area contributed by atoms with Crippen molar-refractivity contribution >= 4 is 11.9 Å². The molecule has 2 rings (SSSR count). The Balaban J connectivity index is 1.91. The molecule has 1 fully saturated rings. The van der Waals surface area contributed by atoms with Gasteiger partial charge in [0.2, 0.25) is 5.91 Å². The van der Waals surface area contributed by atoms with Crippen molar-refractivity contribution in [2.24, 2.45) is 11.3 Å². The molecule has 2 atom stereocenters. The molecular weight excluding hydrogens is 246 g/mol. The highest BCUT2D eigenvalue weighted by Gasteiger charge is 2.52. The quantitative estimate of drug-likeness (QED) is 0.856. The minimum Gasteiger partial charge on any atom is -0.478 e. The molecule has 19 heavy (non-hydrogen) atoms. The first kappa shape index (κ1) is 13.6. The van der Waals surface area contributed by atoms with Gasteiger partial charge in [0.05, 0.1) is 6.54 Å². The van der Waals surface area contributed by atoms with Crippen molar-refractivity contribution in [2.45, 2.75) is 40.2 Å². The standard InChI is InChI=1S/C14H19NO4/c1-4-14(3)6-11(14)12(16)15-7-9-5-10(13(17)18)8(2)19-9/h5,11H,4,6-7H2,1-3H3,(H,15,16)(H,17,18). The van der Waals surface area contributed by atoms with E-state index in [1.807, 2.05) is 0 Å². The summed E-state index contributed by atoms with van der Waals surface area (Å²) < 4.78 is 5.31. The summed E-state index contributed by atoms with van der Waals surface area (Å²) in [6.45, 7) is 6.03. The maximum absolute atomic E-state index is 11.9. The fourth-order valence-electron chi connectivity index (χ4n) is 2.35. The van der Waals surface area contributed by atoms with Gasteiger partial charge in [0.15, 0.2) is 0 Å². The highest BCUT2D eigenvalue weighted by molar-refractivity contribution is 5.88. The lowest BCUT2D eigenvalue weighted by molar-refractivity contribution is -0.123. The largest absolute Gasteiger partial charge is 0.478 e. The molecular formula is C14H19NO4. The van der Waals surface area contributed by atoms with Crippen molar-refractivity contribution in [1.29, 1.82) is 0 Å². The van der Waals surface area contributed by atoms with E-state index in [2.05, 4.69) is 19.2 Å². The summed E-state index contributed by atoms with van der Waals surface area (Å²) in [6.07, 6.45) is 1.92. The zero-order valence-electron chi connectivity index (χ0n) is 11.4. The SMILES string of the molecule is CCC1(C)CC1C(=O)NCc1cc(C(=O)O)c(C)o1. The Morgan fingerprint density at radius 2 is 2.26 bits per heavy atom. The summed E-state index contributed by atoms with van der Waals surface area (Å²) in [5.41, 5.74) is 0.282. The topological polar surface area (TPSA) is 79.5 Å². The van der Waals surface area contributed by atoms with Crippen LogP contribution in [0.25, 0.3) is 0 Å². The van der Waals surface area contributed by atoms with Gasteiger partial charge in [-0.1, -0.05) is 13.8 Å². The highest BCUT2D eigenvalue weighted by Crippen LogP contribution is 2.54. The van der Waals surface area contributed by atoms with E-state index in [0.717, 1.165) is 12.8 Å². The maximum Gasteiger partial charge on any atom is 0.339 e. The molecule has 2 unspecified atom stereocenters. The molecule has 1 saturated carbocycles. The number of hydrogen-bond acceptors (Lipinski definition) is 3. The van der Waals surface area contributed by atoms with Crippen LogP contribution in [0.3, 0.4) is 0 Å². The van der Waals surface area contributed by atoms with Gasteiger partial charge in [0, 0.05) is 5.92 Å². The first-order valence-electron chi connectivity index (χ1n) is 6.47. The van der Waals surface area contributed by atoms with Gasteiger partial charge in [-0.05, 0) is 31.2 Å². The summed E-state index contributed by atoms with van der Waals surface area (Å²) >= 11 is 0. The molecule has 0 aliphatic heterocycles. The van der Waals surface area contributed by atoms with E-state index < -0.39 is 5.97 Å². The molecule has 5 nitrogen and oxygen atoms in total. The molecule has 5 heteroatoms. The zero-order chi connectivity index (χ0) is 14.2. The summed E-state index contributed by atoms with van der Waals surface area (Å²) in [6, 6.07) is 1.46. The molecule has 1 aliphatic carbocycles. The Hall–Kier alpha value is -1.78. The number of aryl methyl sites for hydroxylation is 1. The number of carbonyl (C=O) groups excluding carboxylic acids is 1. The minimum absolute atomic E-state index is 0.0234. The van der Waals surface area contributed by atoms with Crippen molar-refractivity contribution in [2.75, 3.05) is 0 Å². The van der Waals surface area contributed by atoms with Gasteiger partial charge in [0.25, 0.3) is 0 Å². The number of rotatable bonds is 5. The number of carboxylic acid groups (broad SMARTS) is 1. The average Bonchev–Trinajstić information content (AvgIpc) is 2.90. The zero-order valence-corrected chi connectivity index (χ0v) is 11.4. The second kappa shape index (κ2) is 4.72. The molecule has 1 heterocycles. The predicted molar refractivity (Wildman–Crippen MR) is 68.8 cm³/mol. The Labute approximate surface area is 112 Å². The second-order valence-electron chi connectivity index (χ2n) is 5.47. The Kier molecular flexibility index (Phi) is 3.39. The van der Waals surface area contributed by atoms with Gasteiger partial charge < -0.3 is 14.8 Å². The normalized spacial score (nSPS) is 25.1. The molecule has 0 saturated heterocycles. The van der Waals surface area contributed by atoms with Gasteiger partial charge in [0.1, 0.15) is 17.1 Å². The number of furan rings is 1. The molecule has 1 aromatic heterocycles. The van der Waals surface area contributed by atoms with E-state index in [4.69, 9.17) is 9.52 Å². The van der Waals surface area contributed by atoms with E-state index in [9.17, 15) is 9.59 Å². The molecule has 0 bridgehead atoms. The van der Waals surface area contributed by atoms with Crippen LogP contribution >= 0.6 is 0 Å². The average molecular weight is 265 g/mol. The number of hydrogen-bond donors (Lipinski definition) is 2. The van der Waals surface area contributed by atoms with E-state index >= 15 is 0 Å². The molecule has 1 amide bonds. The fourth-order valence-corrected chi connectivity index (χ4v) is 2.35. The third-order valence-corrected chi connectivity index (χ3v) is 4.11. The minimum atomic E-state index is -1.01. The number of amides is 1. The molecule has 0 spiro atoms. The van der Waals surface area contributed by atoms with Gasteiger partial charge in [-0.15, -0.1) is 0 Å². The first-order valence-corrected chi connectivity index (χ1v) is 6.47. The lowest BCUT2D eigenvalue weighted by Crippen LogP contribution is -2.26. The number of carbonyl (C=O) groups is 2. The lowest BCUT2D eigenvalue weighted by Gasteiger charge is -2.07. The van der Waals surface area contributed by atoms with Crippen LogP contribution < -0.4 is 5.32 Å². The van der Waals surface area contributed by atoms with Crippen molar-refractivity contribution in [3.63, 3.8) is 0 Å². The number of nitrogens with one attached hydrogen (secondary N) is 1. The predicted octanol–water partition coefficient (Wildman–Crippen LogP) is 2.34. The van der Waals surface area contributed by atoms with Crippen molar-refractivity contribution in [3.8, 4) is 0 Å². The van der Waals surface area contributed by atoms with Crippen molar-refractivity contribution in [1.82, 2.24) is 5.32 Å². The van der Waals surface area contributed by atoms with Crippen LogP contribution in [0.5, 0.6) is 0 Å². The Morgan fingerprint density at radius 3 is 2.74 bits per heavy atom. The van der Waals surface area contributed by atoms with Gasteiger partial charge in [-0.2, -0.15) is 0 Å². The molecule has 2 N–H and O–H groups in total. The second-order valence-corrected chi connectivity index (χ2v) is 5.47. The number of aromatic carboxylic acids is 1. The summed E-state index contributed by atoms with van der Waals surface area (Å²) in [5.74, 6) is -0.0778. The van der Waals surface area contributed by atoms with Crippen LogP contribution in [0.15, 0.2) is 10.5 Å². The molecule has 0 aromatic carbocycles. The van der Waals surface area contributed by atoms with Crippen LogP contribution in [-0.4, -0.2) is 17.0 Å². The third-order valence-electron chi connectivity index (χ3n) is 4.11. The van der Waals surface area contributed by atoms with Crippen molar-refractivity contribution in [3.05, 3.63) is 23.2 Å². The fraction of sp³-hybridized carbons (Fsp3) is 0.571. The summed E-state index contributed by atoms with van der Waals surface area (Å²) in [5, 5.41) is 11.7. The lowest BCUT2D eigenvalue weighted by atomic mass is 10.0. The monoisotopic (exact) mass is 265 g/mol. The highest BCUT2D eigenvalue weighted by atomic mass is 16.4. The van der Waals surface area contributed by atoms with Crippen molar-refractivity contribution < 1.29 is 19.1 Å². The molecule has 1 aliphatic rings. The molecule has 104 valence electrons. The summed E-state index contributed by atoms with van der Waals surface area (Å²) in [7, 11) is 0. The maximum atomic E-state index is 11.9. The van der Waals surface area contributed by atoms with E-state index in [1.54, 1.807) is 6.92 Å². The molecule has 1 aromatic rings. The third kappa shape index (κ3) is 2.64. The van der Waals surface area contributed by atoms with Crippen LogP contribution in [0.4, 0.5) is 0 Å². The van der Waals surface area contributed by atoms with Crippen LogP contribution in [0, 0.1) is 18.3 Å². The van der Waals surface area contributed by atoms with E-state index in [1.165, 1.54) is 6.07 Å². The van der Waals surface area contributed by atoms with E-state index in [-0.39, 0.29) is 29.3 Å². The first-order chi connectivity index (χ1) is 8.87. The summed E-state index contributed by atoms with van der Waals surface area (Å²) in [4.78, 5) is 22.8. The molecule has 0 radical (unpaired) electrons. The van der Waals surface area contributed by atoms with Gasteiger partial charge in [-0.25, -0.2) is 4.79 Å². The Morgan fingerprint density at radius 1 is 1.58 bits per heavy atom. The van der Waals surface area contributed by atoms with Gasteiger partial charge in [-0.3, -0.25) is 4.79 Å². The smallest absolute Gasteiger partial charge is 0.339 e. The van der Waals surface area contributed by atoms with Crippen LogP contribution in [-0.2, 0) is 11.3 Å².